The molecule has 0 saturated carbocycles. The van der Waals surface area contributed by atoms with E-state index in [2.05, 4.69) is 15.6 Å². The van der Waals surface area contributed by atoms with Gasteiger partial charge < -0.3 is 10.6 Å². The summed E-state index contributed by atoms with van der Waals surface area (Å²) in [6, 6.07) is 11.1. The smallest absolute Gasteiger partial charge is 0.269 e. The number of carbonyl (C=O) groups excluding carboxylic acids is 2. The molecule has 3 rings (SSSR count). The highest BCUT2D eigenvalue weighted by Crippen LogP contribution is 2.21. The third-order valence-corrected chi connectivity index (χ3v) is 4.44. The second-order valence-electron chi connectivity index (χ2n) is 6.77. The number of hydrogen-bond acceptors (Lipinski definition) is 4. The molecular formula is C21H22N4O3. The Labute approximate surface area is 162 Å². The van der Waals surface area contributed by atoms with Crippen LogP contribution in [0.4, 0.5) is 5.69 Å². The van der Waals surface area contributed by atoms with Gasteiger partial charge in [0.1, 0.15) is 6.54 Å². The lowest BCUT2D eigenvalue weighted by molar-refractivity contribution is -0.124. The molecule has 0 aliphatic carbocycles. The first-order valence-corrected chi connectivity index (χ1v) is 8.94. The molecule has 0 unspecified atom stereocenters. The quantitative estimate of drug-likeness (QED) is 0.711. The molecule has 0 fully saturated rings. The lowest BCUT2D eigenvalue weighted by atomic mass is 10.1. The zero-order chi connectivity index (χ0) is 20.3. The fraction of sp³-hybridized carbons (Fsp3) is 0.238. The molecule has 1 heterocycles. The van der Waals surface area contributed by atoms with Gasteiger partial charge in [0.2, 0.25) is 11.8 Å². The highest BCUT2D eigenvalue weighted by molar-refractivity contribution is 5.95. The van der Waals surface area contributed by atoms with Crippen LogP contribution < -0.4 is 16.2 Å². The van der Waals surface area contributed by atoms with Gasteiger partial charge in [0.25, 0.3) is 5.56 Å². The number of nitrogens with zero attached hydrogens (tertiary/aromatic N) is 2. The number of para-hydroxylation sites is 2. The zero-order valence-electron chi connectivity index (χ0n) is 16.1. The van der Waals surface area contributed by atoms with Crippen molar-refractivity contribution in [2.75, 3.05) is 11.9 Å². The molecule has 0 aliphatic rings. The third kappa shape index (κ3) is 4.25. The summed E-state index contributed by atoms with van der Waals surface area (Å²) in [5, 5.41) is 5.40. The van der Waals surface area contributed by atoms with Crippen molar-refractivity contribution < 1.29 is 9.59 Å². The van der Waals surface area contributed by atoms with Crippen LogP contribution in [0.2, 0.25) is 0 Å². The summed E-state index contributed by atoms with van der Waals surface area (Å²) in [4.78, 5) is 40.7. The van der Waals surface area contributed by atoms with Crippen LogP contribution in [-0.4, -0.2) is 27.9 Å². The van der Waals surface area contributed by atoms with Crippen LogP contribution in [0.3, 0.4) is 0 Å². The predicted octanol–water partition coefficient (Wildman–Crippen LogP) is 2.08. The van der Waals surface area contributed by atoms with Crippen LogP contribution in [0, 0.1) is 20.8 Å². The van der Waals surface area contributed by atoms with Crippen LogP contribution in [0.1, 0.15) is 16.7 Å². The maximum absolute atomic E-state index is 12.3. The Morgan fingerprint density at radius 2 is 1.71 bits per heavy atom. The van der Waals surface area contributed by atoms with E-state index in [4.69, 9.17) is 0 Å². The molecular weight excluding hydrogens is 356 g/mol. The molecule has 2 amide bonds. The van der Waals surface area contributed by atoms with Gasteiger partial charge in [0, 0.05) is 5.69 Å². The van der Waals surface area contributed by atoms with Crippen LogP contribution >= 0.6 is 0 Å². The molecule has 28 heavy (non-hydrogen) atoms. The number of rotatable bonds is 5. The molecule has 3 aromatic rings. The third-order valence-electron chi connectivity index (χ3n) is 4.44. The highest BCUT2D eigenvalue weighted by Gasteiger charge is 2.12. The Hall–Kier alpha value is -3.48. The summed E-state index contributed by atoms with van der Waals surface area (Å²) >= 11 is 0. The normalized spacial score (nSPS) is 10.7. The first-order chi connectivity index (χ1) is 13.3. The van der Waals surface area contributed by atoms with Crippen molar-refractivity contribution in [3.63, 3.8) is 0 Å². The molecule has 1 aromatic heterocycles. The van der Waals surface area contributed by atoms with Crippen LogP contribution in [-0.2, 0) is 16.1 Å². The van der Waals surface area contributed by atoms with Crippen LogP contribution in [0.15, 0.2) is 47.4 Å². The van der Waals surface area contributed by atoms with E-state index in [9.17, 15) is 14.4 Å². The predicted molar refractivity (Wildman–Crippen MR) is 108 cm³/mol. The lowest BCUT2D eigenvalue weighted by Gasteiger charge is -2.13. The molecule has 0 radical (unpaired) electrons. The van der Waals surface area contributed by atoms with E-state index >= 15 is 0 Å². The first-order valence-electron chi connectivity index (χ1n) is 8.94. The van der Waals surface area contributed by atoms with Gasteiger partial charge in [-0.05, 0) is 44.0 Å². The molecule has 144 valence electrons. The summed E-state index contributed by atoms with van der Waals surface area (Å²) < 4.78 is 1.34. The molecule has 2 aromatic carbocycles. The van der Waals surface area contributed by atoms with Crippen LogP contribution in [0.5, 0.6) is 0 Å². The molecule has 2 N–H and O–H groups in total. The van der Waals surface area contributed by atoms with Gasteiger partial charge in [-0.15, -0.1) is 0 Å². The molecule has 0 spiro atoms. The van der Waals surface area contributed by atoms with Crippen LogP contribution in [0.25, 0.3) is 11.0 Å². The molecule has 7 nitrogen and oxygen atoms in total. The van der Waals surface area contributed by atoms with Gasteiger partial charge >= 0.3 is 0 Å². The standard InChI is InChI=1S/C21H22N4O3/c1-13-8-14(2)21(15(3)9-13)24-18(26)10-23-19(27)12-25-17-7-5-4-6-16(17)22-11-20(25)28/h4-9,11H,10,12H2,1-3H3,(H,23,27)(H,24,26). The van der Waals surface area contributed by atoms with E-state index < -0.39 is 5.91 Å². The van der Waals surface area contributed by atoms with Gasteiger partial charge in [0.05, 0.1) is 23.8 Å². The topological polar surface area (TPSA) is 93.1 Å². The van der Waals surface area contributed by atoms with E-state index in [1.807, 2.05) is 39.0 Å². The number of carbonyl (C=O) groups is 2. The number of fused-ring (bicyclic) bond motifs is 1. The minimum Gasteiger partial charge on any atom is -0.345 e. The second-order valence-corrected chi connectivity index (χ2v) is 6.77. The summed E-state index contributed by atoms with van der Waals surface area (Å²) in [6.07, 6.45) is 1.19. The molecule has 7 heteroatoms. The Kier molecular flexibility index (Phi) is 5.54. The molecule has 0 aliphatic heterocycles. The van der Waals surface area contributed by atoms with Crippen molar-refractivity contribution in [1.29, 1.82) is 0 Å². The van der Waals surface area contributed by atoms with E-state index in [0.717, 1.165) is 22.4 Å². The Morgan fingerprint density at radius 3 is 2.43 bits per heavy atom. The number of aryl methyl sites for hydroxylation is 3. The number of anilines is 1. The van der Waals surface area contributed by atoms with Crippen molar-refractivity contribution in [2.45, 2.75) is 27.3 Å². The average Bonchev–Trinajstić information content (AvgIpc) is 2.65. The van der Waals surface area contributed by atoms with Crippen molar-refractivity contribution in [2.24, 2.45) is 0 Å². The van der Waals surface area contributed by atoms with E-state index in [1.54, 1.807) is 18.2 Å². The minimum absolute atomic E-state index is 0.177. The molecule has 0 bridgehead atoms. The Morgan fingerprint density at radius 1 is 1.04 bits per heavy atom. The van der Waals surface area contributed by atoms with Crippen molar-refractivity contribution >= 4 is 28.5 Å². The van der Waals surface area contributed by atoms with Crippen molar-refractivity contribution in [1.82, 2.24) is 14.9 Å². The fourth-order valence-electron chi connectivity index (χ4n) is 3.22. The summed E-state index contributed by atoms with van der Waals surface area (Å²) in [6.45, 7) is 5.49. The van der Waals surface area contributed by atoms with Gasteiger partial charge in [0.15, 0.2) is 0 Å². The van der Waals surface area contributed by atoms with E-state index in [0.29, 0.717) is 11.0 Å². The van der Waals surface area contributed by atoms with Gasteiger partial charge in [-0.3, -0.25) is 19.0 Å². The summed E-state index contributed by atoms with van der Waals surface area (Å²) in [7, 11) is 0. The lowest BCUT2D eigenvalue weighted by Crippen LogP contribution is -2.37. The largest absolute Gasteiger partial charge is 0.345 e. The Balaban J connectivity index is 1.65. The average molecular weight is 378 g/mol. The maximum atomic E-state index is 12.3. The highest BCUT2D eigenvalue weighted by atomic mass is 16.2. The summed E-state index contributed by atoms with van der Waals surface area (Å²) in [5.74, 6) is -0.749. The molecule has 0 atom stereocenters. The number of nitrogens with one attached hydrogen (secondary N) is 2. The zero-order valence-corrected chi connectivity index (χ0v) is 16.1. The number of benzene rings is 2. The second kappa shape index (κ2) is 8.04. The van der Waals surface area contributed by atoms with Crippen molar-refractivity contribution in [3.8, 4) is 0 Å². The SMILES string of the molecule is Cc1cc(C)c(NC(=O)CNC(=O)Cn2c(=O)cnc3ccccc32)c(C)c1. The Bertz CT molecular complexity index is 1100. The van der Waals surface area contributed by atoms with Gasteiger partial charge in [-0.25, -0.2) is 4.98 Å². The van der Waals surface area contributed by atoms with Crippen molar-refractivity contribution in [3.05, 3.63) is 69.6 Å². The monoisotopic (exact) mass is 378 g/mol. The maximum Gasteiger partial charge on any atom is 0.269 e. The number of hydrogen-bond donors (Lipinski definition) is 2. The van der Waals surface area contributed by atoms with E-state index in [-0.39, 0.29) is 24.6 Å². The summed E-state index contributed by atoms with van der Waals surface area (Å²) in [5.41, 5.74) is 4.62. The number of aromatic nitrogens is 2. The van der Waals surface area contributed by atoms with E-state index in [1.165, 1.54) is 10.8 Å². The molecule has 0 saturated heterocycles. The fourth-order valence-corrected chi connectivity index (χ4v) is 3.22. The number of amides is 2. The van der Waals surface area contributed by atoms with Gasteiger partial charge in [-0.2, -0.15) is 0 Å². The first kappa shape index (κ1) is 19.3. The van der Waals surface area contributed by atoms with Gasteiger partial charge in [-0.1, -0.05) is 29.8 Å². The minimum atomic E-state index is -0.425.